The number of carbonyl (C=O) groups is 1. The summed E-state index contributed by atoms with van der Waals surface area (Å²) in [5.41, 5.74) is 3.59. The van der Waals surface area contributed by atoms with Crippen molar-refractivity contribution in [3.05, 3.63) is 41.5 Å². The van der Waals surface area contributed by atoms with Crippen LogP contribution in [0.1, 0.15) is 58.7 Å². The average Bonchev–Trinajstić information content (AvgIpc) is 2.76. The Bertz CT molecular complexity index is 923. The maximum atomic E-state index is 15.0. The van der Waals surface area contributed by atoms with Gasteiger partial charge in [0, 0.05) is 55.2 Å². The van der Waals surface area contributed by atoms with Gasteiger partial charge in [-0.25, -0.2) is 4.39 Å². The molecule has 6 nitrogen and oxygen atoms in total. The van der Waals surface area contributed by atoms with E-state index in [1.165, 1.54) is 7.11 Å². The number of benzene rings is 1. The average molecular weight is 477 g/mol. The van der Waals surface area contributed by atoms with Gasteiger partial charge in [-0.1, -0.05) is 26.0 Å². The molecule has 1 fully saturated rings. The summed E-state index contributed by atoms with van der Waals surface area (Å²) < 4.78 is 20.2. The van der Waals surface area contributed by atoms with Gasteiger partial charge in [0.2, 0.25) is 0 Å². The molecule has 1 aliphatic heterocycles. The van der Waals surface area contributed by atoms with Gasteiger partial charge in [-0.15, -0.1) is 0 Å². The Morgan fingerprint density at radius 3 is 2.24 bits per heavy atom. The fourth-order valence-corrected chi connectivity index (χ4v) is 3.73. The Balaban J connectivity index is 0.000000733. The molecule has 7 heteroatoms. The van der Waals surface area contributed by atoms with Gasteiger partial charge in [0.15, 0.2) is 11.6 Å². The summed E-state index contributed by atoms with van der Waals surface area (Å²) in [5, 5.41) is 15.5. The molecule has 34 heavy (non-hydrogen) atoms. The Hall–Kier alpha value is -2.51. The van der Waals surface area contributed by atoms with Crippen LogP contribution in [0.25, 0.3) is 11.1 Å². The van der Waals surface area contributed by atoms with Gasteiger partial charge < -0.3 is 24.6 Å². The lowest BCUT2D eigenvalue weighted by molar-refractivity contribution is -0.107. The Morgan fingerprint density at radius 2 is 1.74 bits per heavy atom. The smallest absolute Gasteiger partial charge is 0.172 e. The van der Waals surface area contributed by atoms with Crippen LogP contribution in [0.3, 0.4) is 0 Å². The first-order valence-electron chi connectivity index (χ1n) is 11.5. The molecule has 0 atom stereocenters. The second-order valence-corrected chi connectivity index (χ2v) is 10.1. The summed E-state index contributed by atoms with van der Waals surface area (Å²) in [5.74, 6) is -0.197. The summed E-state index contributed by atoms with van der Waals surface area (Å²) in [4.78, 5) is 18.1. The number of pyridine rings is 1. The molecule has 1 aromatic carbocycles. The van der Waals surface area contributed by atoms with Gasteiger partial charge in [-0.3, -0.25) is 4.98 Å². The number of aromatic nitrogens is 1. The number of aldehydes is 1. The van der Waals surface area contributed by atoms with E-state index in [4.69, 9.17) is 14.9 Å². The summed E-state index contributed by atoms with van der Waals surface area (Å²) in [6.07, 6.45) is 4.99. The van der Waals surface area contributed by atoms with Crippen molar-refractivity contribution in [2.24, 2.45) is 5.41 Å². The number of carbonyl (C=O) groups excluding carboxylic acids is 1. The predicted molar refractivity (Wildman–Crippen MR) is 136 cm³/mol. The largest absolute Gasteiger partial charge is 0.494 e. The second kappa shape index (κ2) is 12.8. The van der Waals surface area contributed by atoms with Crippen LogP contribution in [-0.4, -0.2) is 54.4 Å². The number of methoxy groups -OCH3 is 1. The summed E-state index contributed by atoms with van der Waals surface area (Å²) in [7, 11) is 2.46. The van der Waals surface area contributed by atoms with E-state index in [-0.39, 0.29) is 12.2 Å². The molecule has 0 unspecified atom stereocenters. The molecule has 0 spiro atoms. The van der Waals surface area contributed by atoms with Crippen molar-refractivity contribution in [2.75, 3.05) is 32.2 Å². The molecule has 0 radical (unpaired) electrons. The fourth-order valence-electron chi connectivity index (χ4n) is 3.73. The van der Waals surface area contributed by atoms with Gasteiger partial charge in [0.05, 0.1) is 18.4 Å². The highest BCUT2D eigenvalue weighted by Crippen LogP contribution is 2.41. The van der Waals surface area contributed by atoms with Crippen molar-refractivity contribution in [1.29, 1.82) is 0 Å². The van der Waals surface area contributed by atoms with E-state index in [1.54, 1.807) is 45.2 Å². The van der Waals surface area contributed by atoms with Crippen molar-refractivity contribution in [3.63, 3.8) is 0 Å². The molecule has 0 aliphatic carbocycles. The summed E-state index contributed by atoms with van der Waals surface area (Å²) in [6, 6.07) is 5.13. The van der Waals surface area contributed by atoms with Crippen LogP contribution in [0.15, 0.2) is 24.4 Å². The van der Waals surface area contributed by atoms with Crippen LogP contribution in [0, 0.1) is 18.2 Å². The van der Waals surface area contributed by atoms with E-state index in [9.17, 15) is 4.79 Å². The van der Waals surface area contributed by atoms with Crippen LogP contribution < -0.4 is 9.64 Å². The number of aliphatic hydroxyl groups excluding tert-OH is 1. The highest BCUT2D eigenvalue weighted by molar-refractivity contribution is 5.83. The highest BCUT2D eigenvalue weighted by Gasteiger charge is 2.29. The standard InChI is InChI=1S/C22H27FN2O2.C4H10O.CH4O/c1-15-16(8-13-26)21(25-11-9-22(2,3)10-12-25)18(14-24-15)17-6-5-7-19(27-4)20(17)23;1-4(2,3)5;1-2/h5-7,13-14H,8-12H2,1-4H3;5H,1-3H3;2H,1H3. The molecule has 2 N–H and O–H groups in total. The van der Waals surface area contributed by atoms with Crippen LogP contribution in [0.4, 0.5) is 10.1 Å². The second-order valence-electron chi connectivity index (χ2n) is 10.1. The maximum Gasteiger partial charge on any atom is 0.172 e. The number of rotatable bonds is 5. The molecule has 2 heterocycles. The quantitative estimate of drug-likeness (QED) is 0.594. The first kappa shape index (κ1) is 29.5. The lowest BCUT2D eigenvalue weighted by Crippen LogP contribution is -2.38. The molecule has 1 saturated heterocycles. The third-order valence-electron chi connectivity index (χ3n) is 5.56. The first-order valence-corrected chi connectivity index (χ1v) is 11.5. The zero-order valence-electron chi connectivity index (χ0n) is 21.9. The van der Waals surface area contributed by atoms with E-state index in [0.29, 0.717) is 16.5 Å². The minimum atomic E-state index is -0.500. The Morgan fingerprint density at radius 1 is 1.18 bits per heavy atom. The molecule has 1 aliphatic rings. The monoisotopic (exact) mass is 476 g/mol. The Kier molecular flexibility index (Phi) is 11.1. The van der Waals surface area contributed by atoms with Crippen molar-refractivity contribution in [3.8, 4) is 16.9 Å². The summed E-state index contributed by atoms with van der Waals surface area (Å²) in [6.45, 7) is 13.4. The fraction of sp³-hybridized carbons (Fsp3) is 0.556. The van der Waals surface area contributed by atoms with E-state index >= 15 is 4.39 Å². The van der Waals surface area contributed by atoms with E-state index < -0.39 is 11.4 Å². The zero-order valence-corrected chi connectivity index (χ0v) is 21.9. The number of halogens is 1. The van der Waals surface area contributed by atoms with Gasteiger partial charge in [0.25, 0.3) is 0 Å². The van der Waals surface area contributed by atoms with Gasteiger partial charge in [0.1, 0.15) is 6.29 Å². The lowest BCUT2D eigenvalue weighted by Gasteiger charge is -2.40. The van der Waals surface area contributed by atoms with Crippen LogP contribution in [-0.2, 0) is 11.2 Å². The van der Waals surface area contributed by atoms with Crippen LogP contribution >= 0.6 is 0 Å². The van der Waals surface area contributed by atoms with Crippen molar-refractivity contribution in [1.82, 2.24) is 4.98 Å². The molecule has 190 valence electrons. The van der Waals surface area contributed by atoms with E-state index in [2.05, 4.69) is 23.7 Å². The first-order chi connectivity index (χ1) is 15.9. The normalized spacial score (nSPS) is 14.9. The molecule has 0 bridgehead atoms. The summed E-state index contributed by atoms with van der Waals surface area (Å²) >= 11 is 0. The SMILES string of the molecule is CC(C)(C)O.CO.COc1cccc(-c2cnc(C)c(CC=O)c2N2CCC(C)(C)CC2)c1F. The molecule has 1 aromatic heterocycles. The molecule has 0 saturated carbocycles. The molecular formula is C27H41FN2O4. The molecule has 3 rings (SSSR count). The van der Waals surface area contributed by atoms with Crippen molar-refractivity contribution >= 4 is 12.0 Å². The third kappa shape index (κ3) is 8.37. The number of anilines is 1. The molecule has 0 amide bonds. The van der Waals surface area contributed by atoms with E-state index in [0.717, 1.165) is 56.3 Å². The topological polar surface area (TPSA) is 82.9 Å². The number of aryl methyl sites for hydroxylation is 1. The van der Waals surface area contributed by atoms with Crippen molar-refractivity contribution in [2.45, 2.75) is 66.4 Å². The molecule has 2 aromatic rings. The number of nitrogens with zero attached hydrogens (tertiary/aromatic N) is 2. The zero-order chi connectivity index (χ0) is 26.1. The number of ether oxygens (including phenoxy) is 1. The molecular weight excluding hydrogens is 435 g/mol. The highest BCUT2D eigenvalue weighted by atomic mass is 19.1. The van der Waals surface area contributed by atoms with Gasteiger partial charge in [-0.2, -0.15) is 0 Å². The lowest BCUT2D eigenvalue weighted by atomic mass is 9.82. The number of hydrogen-bond acceptors (Lipinski definition) is 6. The van der Waals surface area contributed by atoms with Crippen LogP contribution in [0.2, 0.25) is 0 Å². The number of piperidine rings is 1. The van der Waals surface area contributed by atoms with Crippen LogP contribution in [0.5, 0.6) is 5.75 Å². The maximum absolute atomic E-state index is 15.0. The number of aliphatic hydroxyl groups is 2. The van der Waals surface area contributed by atoms with Crippen molar-refractivity contribution < 1.29 is 24.1 Å². The van der Waals surface area contributed by atoms with Gasteiger partial charge in [-0.05, 0) is 52.0 Å². The Labute approximate surface area is 203 Å². The number of hydrogen-bond donors (Lipinski definition) is 2. The third-order valence-corrected chi connectivity index (χ3v) is 5.56. The van der Waals surface area contributed by atoms with Gasteiger partial charge >= 0.3 is 0 Å². The van der Waals surface area contributed by atoms with E-state index in [1.807, 2.05) is 6.92 Å². The minimum Gasteiger partial charge on any atom is -0.494 e. The predicted octanol–water partition coefficient (Wildman–Crippen LogP) is 4.96. The minimum absolute atomic E-state index is 0.204.